The van der Waals surface area contributed by atoms with Gasteiger partial charge in [0.05, 0.1) is 11.3 Å². The number of nitrogens with one attached hydrogen (secondary N) is 1. The maximum absolute atomic E-state index is 12.4. The molecule has 0 aliphatic carbocycles. The Morgan fingerprint density at radius 2 is 1.87 bits per heavy atom. The first-order valence-corrected chi connectivity index (χ1v) is 4.11. The molecule has 1 heterocycles. The zero-order valence-electron chi connectivity index (χ0n) is 7.10. The highest BCUT2D eigenvalue weighted by Gasteiger charge is 2.18. The van der Waals surface area contributed by atoms with Crippen molar-refractivity contribution in [1.29, 1.82) is 5.26 Å². The number of rotatable bonds is 2. The molecule has 15 heavy (non-hydrogen) atoms. The minimum Gasteiger partial charge on any atom is -0.344 e. The summed E-state index contributed by atoms with van der Waals surface area (Å²) in [6.45, 7) is 0. The lowest BCUT2D eigenvalue weighted by atomic mass is 10.1. The summed E-state index contributed by atoms with van der Waals surface area (Å²) in [4.78, 5) is 2.03. The summed E-state index contributed by atoms with van der Waals surface area (Å²) >= 11 is 4.52. The fourth-order valence-electron chi connectivity index (χ4n) is 1.01. The maximum Gasteiger partial charge on any atom is 0.278 e. The summed E-state index contributed by atoms with van der Waals surface area (Å²) in [5, 5.41) is 8.52. The van der Waals surface area contributed by atoms with Crippen LogP contribution in [-0.2, 0) is 0 Å². The van der Waals surface area contributed by atoms with Gasteiger partial charge >= 0.3 is 0 Å². The van der Waals surface area contributed by atoms with Crippen LogP contribution in [0.3, 0.4) is 0 Å². The van der Waals surface area contributed by atoms with Gasteiger partial charge in [0.1, 0.15) is 10.7 Å². The van der Waals surface area contributed by atoms with Crippen LogP contribution in [0.4, 0.5) is 17.6 Å². The minimum atomic E-state index is -3.01. The van der Waals surface area contributed by atoms with Crippen LogP contribution in [0.2, 0.25) is 0 Å². The quantitative estimate of drug-likeness (QED) is 0.630. The predicted octanol–water partition coefficient (Wildman–Crippen LogP) is 3.49. The predicted molar refractivity (Wildman–Crippen MR) is 46.3 cm³/mol. The van der Waals surface area contributed by atoms with Crippen molar-refractivity contribution in [1.82, 2.24) is 4.98 Å². The number of H-pyrrole nitrogens is 1. The Hall–Kier alpha value is -1.42. The van der Waals surface area contributed by atoms with E-state index in [1.165, 1.54) is 6.07 Å². The largest absolute Gasteiger partial charge is 0.344 e. The average Bonchev–Trinajstić information content (AvgIpc) is 2.16. The molecule has 1 aromatic rings. The lowest BCUT2D eigenvalue weighted by Gasteiger charge is -2.06. The molecule has 80 valence electrons. The monoisotopic (exact) mass is 236 g/mol. The first-order chi connectivity index (χ1) is 6.97. The van der Waals surface area contributed by atoms with E-state index in [1.807, 2.05) is 4.98 Å². The number of halogens is 4. The van der Waals surface area contributed by atoms with Crippen LogP contribution in [0.25, 0.3) is 0 Å². The molecule has 1 N–H and O–H groups in total. The van der Waals surface area contributed by atoms with Crippen LogP contribution >= 0.6 is 12.2 Å². The summed E-state index contributed by atoms with van der Waals surface area (Å²) in [6, 6.07) is 2.01. The van der Waals surface area contributed by atoms with Crippen molar-refractivity contribution in [3.8, 4) is 6.07 Å². The maximum atomic E-state index is 12.4. The topological polar surface area (TPSA) is 39.6 Å². The summed E-state index contributed by atoms with van der Waals surface area (Å²) in [5.74, 6) is 0. The summed E-state index contributed by atoms with van der Waals surface area (Å²) in [6.07, 6.45) is -5.94. The number of aromatic nitrogens is 1. The Labute approximate surface area is 87.2 Å². The third-order valence-electron chi connectivity index (χ3n) is 1.67. The number of nitriles is 1. The van der Waals surface area contributed by atoms with Crippen molar-refractivity contribution in [3.05, 3.63) is 27.5 Å². The van der Waals surface area contributed by atoms with Crippen molar-refractivity contribution in [2.45, 2.75) is 12.9 Å². The zero-order chi connectivity index (χ0) is 11.6. The molecular formula is C8H4F4N2S. The third kappa shape index (κ3) is 2.33. The van der Waals surface area contributed by atoms with Crippen LogP contribution < -0.4 is 0 Å². The molecule has 0 atom stereocenters. The molecule has 2 nitrogen and oxygen atoms in total. The van der Waals surface area contributed by atoms with Crippen molar-refractivity contribution in [2.75, 3.05) is 0 Å². The Balaban J connectivity index is 3.48. The SMILES string of the molecule is N#Cc1c(C(F)F)cc(C(F)F)[nH]c1=S. The fourth-order valence-corrected chi connectivity index (χ4v) is 1.29. The van der Waals surface area contributed by atoms with Gasteiger partial charge in [-0.3, -0.25) is 0 Å². The van der Waals surface area contributed by atoms with E-state index in [0.29, 0.717) is 6.07 Å². The fraction of sp³-hybridized carbons (Fsp3) is 0.250. The first-order valence-electron chi connectivity index (χ1n) is 3.71. The molecule has 0 radical (unpaired) electrons. The van der Waals surface area contributed by atoms with Crippen molar-refractivity contribution in [2.24, 2.45) is 0 Å². The minimum absolute atomic E-state index is 0.398. The van der Waals surface area contributed by atoms with Crippen LogP contribution in [0.5, 0.6) is 0 Å². The van der Waals surface area contributed by atoms with E-state index in [1.54, 1.807) is 0 Å². The van der Waals surface area contributed by atoms with Gasteiger partial charge in [-0.25, -0.2) is 17.6 Å². The molecule has 0 amide bonds. The highest BCUT2D eigenvalue weighted by molar-refractivity contribution is 7.71. The lowest BCUT2D eigenvalue weighted by molar-refractivity contribution is 0.140. The van der Waals surface area contributed by atoms with Crippen LogP contribution in [0.15, 0.2) is 6.07 Å². The third-order valence-corrected chi connectivity index (χ3v) is 1.97. The van der Waals surface area contributed by atoms with E-state index in [-0.39, 0.29) is 0 Å². The zero-order valence-corrected chi connectivity index (χ0v) is 7.92. The number of nitrogens with zero attached hydrogens (tertiary/aromatic N) is 1. The Kier molecular flexibility index (Phi) is 3.42. The van der Waals surface area contributed by atoms with Gasteiger partial charge in [0.15, 0.2) is 0 Å². The second-order valence-corrected chi connectivity index (χ2v) is 3.01. The second kappa shape index (κ2) is 4.40. The molecule has 0 fully saturated rings. The molecule has 1 aromatic heterocycles. The van der Waals surface area contributed by atoms with E-state index < -0.39 is 34.3 Å². The highest BCUT2D eigenvalue weighted by atomic mass is 32.1. The molecule has 0 aliphatic heterocycles. The van der Waals surface area contributed by atoms with Gasteiger partial charge in [0, 0.05) is 5.56 Å². The normalized spacial score (nSPS) is 10.7. The van der Waals surface area contributed by atoms with Crippen LogP contribution in [0, 0.1) is 16.0 Å². The Morgan fingerprint density at radius 1 is 1.27 bits per heavy atom. The van der Waals surface area contributed by atoms with Crippen molar-refractivity contribution in [3.63, 3.8) is 0 Å². The van der Waals surface area contributed by atoms with E-state index in [4.69, 9.17) is 5.26 Å². The van der Waals surface area contributed by atoms with Gasteiger partial charge in [0.25, 0.3) is 12.9 Å². The van der Waals surface area contributed by atoms with E-state index in [2.05, 4.69) is 12.2 Å². The Morgan fingerprint density at radius 3 is 2.27 bits per heavy atom. The molecule has 0 saturated heterocycles. The Bertz CT molecular complexity index is 461. The molecule has 0 unspecified atom stereocenters. The van der Waals surface area contributed by atoms with Crippen molar-refractivity contribution >= 4 is 12.2 Å². The number of hydrogen-bond donors (Lipinski definition) is 1. The molecule has 0 saturated carbocycles. The van der Waals surface area contributed by atoms with Gasteiger partial charge in [-0.1, -0.05) is 12.2 Å². The molecule has 7 heteroatoms. The molecule has 0 aliphatic rings. The number of alkyl halides is 4. The standard InChI is InChI=1S/C8H4F4N2S/c9-6(10)3-1-5(7(11)12)14-8(15)4(3)2-13/h1,6-7H,(H,14,15). The highest BCUT2D eigenvalue weighted by Crippen LogP contribution is 2.27. The molecular weight excluding hydrogens is 232 g/mol. The van der Waals surface area contributed by atoms with E-state index in [9.17, 15) is 17.6 Å². The summed E-state index contributed by atoms with van der Waals surface area (Å²) < 4.78 is 48.8. The van der Waals surface area contributed by atoms with E-state index >= 15 is 0 Å². The average molecular weight is 236 g/mol. The molecule has 0 bridgehead atoms. The summed E-state index contributed by atoms with van der Waals surface area (Å²) in [7, 11) is 0. The van der Waals surface area contributed by atoms with E-state index in [0.717, 1.165) is 0 Å². The lowest BCUT2D eigenvalue weighted by Crippen LogP contribution is -1.99. The van der Waals surface area contributed by atoms with Crippen LogP contribution in [0.1, 0.15) is 29.7 Å². The second-order valence-electron chi connectivity index (χ2n) is 2.60. The first kappa shape index (κ1) is 11.7. The summed E-state index contributed by atoms with van der Waals surface area (Å²) in [5.41, 5.74) is -1.95. The molecule has 0 spiro atoms. The number of pyridine rings is 1. The van der Waals surface area contributed by atoms with Gasteiger partial charge in [-0.2, -0.15) is 5.26 Å². The molecule has 0 aromatic carbocycles. The number of aromatic amines is 1. The number of hydrogen-bond acceptors (Lipinski definition) is 2. The van der Waals surface area contributed by atoms with Gasteiger partial charge in [-0.05, 0) is 6.07 Å². The van der Waals surface area contributed by atoms with Gasteiger partial charge < -0.3 is 4.98 Å². The van der Waals surface area contributed by atoms with Gasteiger partial charge in [0.2, 0.25) is 0 Å². The molecule has 1 rings (SSSR count). The van der Waals surface area contributed by atoms with Gasteiger partial charge in [-0.15, -0.1) is 0 Å². The van der Waals surface area contributed by atoms with Crippen molar-refractivity contribution < 1.29 is 17.6 Å². The van der Waals surface area contributed by atoms with Crippen LogP contribution in [-0.4, -0.2) is 4.98 Å². The smallest absolute Gasteiger partial charge is 0.278 e.